The van der Waals surface area contributed by atoms with Crippen molar-refractivity contribution in [2.24, 2.45) is 0 Å². The third-order valence-corrected chi connectivity index (χ3v) is 4.28. The third kappa shape index (κ3) is 3.04. The molecule has 0 amide bonds. The van der Waals surface area contributed by atoms with E-state index in [0.29, 0.717) is 11.8 Å². The predicted octanol–water partition coefficient (Wildman–Crippen LogP) is 5.04. The Morgan fingerprint density at radius 1 is 1.00 bits per heavy atom. The van der Waals surface area contributed by atoms with Crippen LogP contribution in [0.25, 0.3) is 16.7 Å². The van der Waals surface area contributed by atoms with Crippen molar-refractivity contribution in [2.45, 2.75) is 26.7 Å². The lowest BCUT2D eigenvalue weighted by atomic mass is 10.0. The van der Waals surface area contributed by atoms with E-state index in [2.05, 4.69) is 48.0 Å². The van der Waals surface area contributed by atoms with Crippen molar-refractivity contribution in [1.82, 2.24) is 19.7 Å². The normalized spacial score (nSPS) is 11.2. The van der Waals surface area contributed by atoms with Crippen LogP contribution in [0.5, 0.6) is 11.6 Å². The highest BCUT2D eigenvalue weighted by molar-refractivity contribution is 5.81. The topological polar surface area (TPSA) is 52.8 Å². The number of rotatable bonds is 4. The van der Waals surface area contributed by atoms with Crippen molar-refractivity contribution < 1.29 is 4.74 Å². The minimum atomic E-state index is 0.434. The summed E-state index contributed by atoms with van der Waals surface area (Å²) in [6.45, 7) is 6.42. The molecule has 0 atom stereocenters. The molecule has 130 valence electrons. The van der Waals surface area contributed by atoms with Gasteiger partial charge in [-0.3, -0.25) is 0 Å². The van der Waals surface area contributed by atoms with E-state index < -0.39 is 0 Å². The largest absolute Gasteiger partial charge is 0.438 e. The molecule has 0 N–H and O–H groups in total. The minimum Gasteiger partial charge on any atom is -0.438 e. The average Bonchev–Trinajstić information content (AvgIpc) is 3.07. The smallest absolute Gasteiger partial charge is 0.233 e. The molecule has 26 heavy (non-hydrogen) atoms. The van der Waals surface area contributed by atoms with E-state index in [0.717, 1.165) is 28.0 Å². The lowest BCUT2D eigenvalue weighted by molar-refractivity contribution is 0.466. The Balaban J connectivity index is 1.76. The van der Waals surface area contributed by atoms with Gasteiger partial charge in [-0.05, 0) is 48.2 Å². The van der Waals surface area contributed by atoms with Gasteiger partial charge in [0, 0.05) is 0 Å². The predicted molar refractivity (Wildman–Crippen MR) is 102 cm³/mol. The second-order valence-corrected chi connectivity index (χ2v) is 6.64. The maximum absolute atomic E-state index is 6.11. The van der Waals surface area contributed by atoms with Crippen LogP contribution in [0.3, 0.4) is 0 Å². The quantitative estimate of drug-likeness (QED) is 0.520. The van der Waals surface area contributed by atoms with Crippen LogP contribution in [0, 0.1) is 6.92 Å². The van der Waals surface area contributed by atoms with Crippen molar-refractivity contribution in [3.63, 3.8) is 0 Å². The molecule has 0 aliphatic heterocycles. The lowest BCUT2D eigenvalue weighted by Gasteiger charge is -2.11. The second-order valence-electron chi connectivity index (χ2n) is 6.64. The first-order chi connectivity index (χ1) is 12.6. The van der Waals surface area contributed by atoms with Gasteiger partial charge < -0.3 is 4.74 Å². The zero-order valence-electron chi connectivity index (χ0n) is 15.0. The molecule has 0 fully saturated rings. The molecule has 0 aliphatic rings. The van der Waals surface area contributed by atoms with Crippen LogP contribution < -0.4 is 4.74 Å². The van der Waals surface area contributed by atoms with E-state index in [1.54, 1.807) is 10.9 Å². The Kier molecular flexibility index (Phi) is 4.13. The van der Waals surface area contributed by atoms with Gasteiger partial charge in [-0.25, -0.2) is 14.6 Å². The highest BCUT2D eigenvalue weighted by Gasteiger charge is 2.13. The number of hydrogen-bond donors (Lipinski definition) is 0. The molecule has 0 radical (unpaired) electrons. The molecule has 0 spiro atoms. The number of para-hydroxylation sites is 1. The highest BCUT2D eigenvalue weighted by Crippen LogP contribution is 2.30. The van der Waals surface area contributed by atoms with E-state index in [4.69, 9.17) is 4.74 Å². The summed E-state index contributed by atoms with van der Waals surface area (Å²) in [5, 5.41) is 5.25. The van der Waals surface area contributed by atoms with E-state index in [9.17, 15) is 0 Å². The molecule has 4 rings (SSSR count). The highest BCUT2D eigenvalue weighted by atomic mass is 16.5. The van der Waals surface area contributed by atoms with E-state index in [1.165, 1.54) is 11.9 Å². The van der Waals surface area contributed by atoms with Crippen molar-refractivity contribution >= 4 is 11.0 Å². The Bertz CT molecular complexity index is 1050. The first kappa shape index (κ1) is 16.3. The molecular weight excluding hydrogens is 324 g/mol. The van der Waals surface area contributed by atoms with Gasteiger partial charge in [0.15, 0.2) is 5.65 Å². The van der Waals surface area contributed by atoms with Crippen LogP contribution in [0.1, 0.15) is 30.9 Å². The van der Waals surface area contributed by atoms with Crippen LogP contribution in [0.2, 0.25) is 0 Å². The van der Waals surface area contributed by atoms with Gasteiger partial charge >= 0.3 is 0 Å². The molecule has 2 aromatic carbocycles. The SMILES string of the molecule is Cc1cc(Oc2ncnc3c2cnn3-c2ccccc2)cc(C(C)C)c1. The molecule has 0 aliphatic carbocycles. The van der Waals surface area contributed by atoms with Gasteiger partial charge in [-0.2, -0.15) is 5.10 Å². The molecule has 5 heteroatoms. The molecule has 4 aromatic rings. The van der Waals surface area contributed by atoms with Crippen LogP contribution in [-0.2, 0) is 0 Å². The van der Waals surface area contributed by atoms with Crippen molar-refractivity contribution in [1.29, 1.82) is 0 Å². The zero-order valence-corrected chi connectivity index (χ0v) is 15.0. The fourth-order valence-corrected chi connectivity index (χ4v) is 2.94. The third-order valence-electron chi connectivity index (χ3n) is 4.28. The molecular formula is C21H20N4O. The summed E-state index contributed by atoms with van der Waals surface area (Å²) in [5.74, 6) is 1.72. The number of nitrogens with zero attached hydrogens (tertiary/aromatic N) is 4. The Morgan fingerprint density at radius 3 is 2.58 bits per heavy atom. The van der Waals surface area contributed by atoms with Crippen LogP contribution in [0.4, 0.5) is 0 Å². The maximum atomic E-state index is 6.11. The summed E-state index contributed by atoms with van der Waals surface area (Å²) < 4.78 is 7.90. The summed E-state index contributed by atoms with van der Waals surface area (Å²) in [6.07, 6.45) is 3.26. The molecule has 2 heterocycles. The molecule has 2 aromatic heterocycles. The molecule has 5 nitrogen and oxygen atoms in total. The van der Waals surface area contributed by atoms with E-state index in [1.807, 2.05) is 36.4 Å². The van der Waals surface area contributed by atoms with Crippen LogP contribution in [0.15, 0.2) is 61.1 Å². The number of ether oxygens (including phenoxy) is 1. The standard InChI is InChI=1S/C21H20N4O/c1-14(2)16-9-15(3)10-18(11-16)26-21-19-12-24-25(20(19)22-13-23-21)17-7-5-4-6-8-17/h4-14H,1-3H3. The van der Waals surface area contributed by atoms with Crippen molar-refractivity contribution in [3.05, 3.63) is 72.2 Å². The zero-order chi connectivity index (χ0) is 18.1. The average molecular weight is 344 g/mol. The van der Waals surface area contributed by atoms with E-state index in [-0.39, 0.29) is 0 Å². The van der Waals surface area contributed by atoms with Gasteiger partial charge in [-0.1, -0.05) is 38.1 Å². The summed E-state index contributed by atoms with van der Waals surface area (Å²) in [5.41, 5.74) is 4.07. The van der Waals surface area contributed by atoms with Crippen LogP contribution >= 0.6 is 0 Å². The van der Waals surface area contributed by atoms with Gasteiger partial charge in [0.1, 0.15) is 17.5 Å². The number of fused-ring (bicyclic) bond motifs is 1. The molecule has 0 unspecified atom stereocenters. The van der Waals surface area contributed by atoms with Gasteiger partial charge in [0.25, 0.3) is 0 Å². The maximum Gasteiger partial charge on any atom is 0.233 e. The van der Waals surface area contributed by atoms with Gasteiger partial charge in [0.05, 0.1) is 11.9 Å². The Hall–Kier alpha value is -3.21. The van der Waals surface area contributed by atoms with Crippen LogP contribution in [-0.4, -0.2) is 19.7 Å². The summed E-state index contributed by atoms with van der Waals surface area (Å²) in [4.78, 5) is 8.72. The fraction of sp³-hybridized carbons (Fsp3) is 0.190. The first-order valence-electron chi connectivity index (χ1n) is 8.65. The summed E-state index contributed by atoms with van der Waals surface area (Å²) in [7, 11) is 0. The number of hydrogen-bond acceptors (Lipinski definition) is 4. The molecule has 0 saturated heterocycles. The number of aryl methyl sites for hydroxylation is 1. The molecule has 0 saturated carbocycles. The Morgan fingerprint density at radius 2 is 1.81 bits per heavy atom. The van der Waals surface area contributed by atoms with Crippen molar-refractivity contribution in [3.8, 4) is 17.3 Å². The number of benzene rings is 2. The molecule has 0 bridgehead atoms. The summed E-state index contributed by atoms with van der Waals surface area (Å²) >= 11 is 0. The first-order valence-corrected chi connectivity index (χ1v) is 8.65. The fourth-order valence-electron chi connectivity index (χ4n) is 2.94. The van der Waals surface area contributed by atoms with Gasteiger partial charge in [0.2, 0.25) is 5.88 Å². The monoisotopic (exact) mass is 344 g/mol. The second kappa shape index (κ2) is 6.59. The van der Waals surface area contributed by atoms with Crippen molar-refractivity contribution in [2.75, 3.05) is 0 Å². The minimum absolute atomic E-state index is 0.434. The summed E-state index contributed by atoms with van der Waals surface area (Å²) in [6, 6.07) is 16.2. The Labute approximate surface area is 152 Å². The number of aromatic nitrogens is 4. The van der Waals surface area contributed by atoms with Gasteiger partial charge in [-0.15, -0.1) is 0 Å². The lowest BCUT2D eigenvalue weighted by Crippen LogP contribution is -1.98. The van der Waals surface area contributed by atoms with E-state index >= 15 is 0 Å².